The van der Waals surface area contributed by atoms with Crippen molar-refractivity contribution >= 4 is 6.03 Å². The van der Waals surface area contributed by atoms with E-state index in [2.05, 4.69) is 10.6 Å². The number of carbonyl (C=O) groups is 1. The van der Waals surface area contributed by atoms with Crippen LogP contribution in [0.3, 0.4) is 0 Å². The van der Waals surface area contributed by atoms with E-state index in [0.717, 1.165) is 43.6 Å². The van der Waals surface area contributed by atoms with Crippen LogP contribution in [0, 0.1) is 5.41 Å². The van der Waals surface area contributed by atoms with Crippen LogP contribution < -0.4 is 10.6 Å². The van der Waals surface area contributed by atoms with Crippen LogP contribution in [-0.4, -0.2) is 30.4 Å². The minimum atomic E-state index is -0.845. The molecule has 1 aliphatic carbocycles. The summed E-state index contributed by atoms with van der Waals surface area (Å²) in [6, 6.07) is 7.80. The van der Waals surface area contributed by atoms with E-state index in [-0.39, 0.29) is 17.5 Å². The Balaban J connectivity index is 1.52. The Hall–Kier alpha value is -1.59. The van der Waals surface area contributed by atoms with Gasteiger partial charge in [-0.25, -0.2) is 4.79 Å². The lowest BCUT2D eigenvalue weighted by Crippen LogP contribution is -2.54. The van der Waals surface area contributed by atoms with Crippen LogP contribution in [0.2, 0.25) is 0 Å². The summed E-state index contributed by atoms with van der Waals surface area (Å²) in [6.45, 7) is 5.51. The number of amides is 2. The minimum Gasteiger partial charge on any atom is -0.386 e. The molecule has 1 saturated carbocycles. The van der Waals surface area contributed by atoms with Gasteiger partial charge in [0.1, 0.15) is 0 Å². The van der Waals surface area contributed by atoms with Crippen LogP contribution in [0.15, 0.2) is 24.3 Å². The van der Waals surface area contributed by atoms with Gasteiger partial charge in [-0.3, -0.25) is 0 Å². The predicted molar refractivity (Wildman–Crippen MR) is 97.2 cm³/mol. The summed E-state index contributed by atoms with van der Waals surface area (Å²) in [5, 5.41) is 16.1. The molecule has 2 aliphatic rings. The van der Waals surface area contributed by atoms with Crippen LogP contribution in [0.1, 0.15) is 57.1 Å². The van der Waals surface area contributed by atoms with Gasteiger partial charge in [-0.15, -0.1) is 0 Å². The number of benzene rings is 1. The summed E-state index contributed by atoms with van der Waals surface area (Å²) in [4.78, 5) is 12.3. The Labute approximate surface area is 150 Å². The van der Waals surface area contributed by atoms with Gasteiger partial charge >= 0.3 is 6.03 Å². The largest absolute Gasteiger partial charge is 0.386 e. The van der Waals surface area contributed by atoms with Gasteiger partial charge in [0.25, 0.3) is 0 Å². The average molecular weight is 346 g/mol. The molecule has 1 aliphatic heterocycles. The maximum atomic E-state index is 12.3. The zero-order chi connectivity index (χ0) is 17.9. The van der Waals surface area contributed by atoms with Crippen LogP contribution >= 0.6 is 0 Å². The van der Waals surface area contributed by atoms with E-state index in [4.69, 9.17) is 4.74 Å². The van der Waals surface area contributed by atoms with E-state index in [0.29, 0.717) is 6.54 Å². The fraction of sp³-hybridized carbons (Fsp3) is 0.650. The number of urea groups is 1. The van der Waals surface area contributed by atoms with Crippen molar-refractivity contribution in [2.24, 2.45) is 5.41 Å². The molecule has 1 atom stereocenters. The Morgan fingerprint density at radius 1 is 1.28 bits per heavy atom. The van der Waals surface area contributed by atoms with E-state index in [1.807, 2.05) is 24.3 Å². The summed E-state index contributed by atoms with van der Waals surface area (Å²) < 4.78 is 5.69. The minimum absolute atomic E-state index is 0.107. The third kappa shape index (κ3) is 4.33. The first-order valence-electron chi connectivity index (χ1n) is 9.33. The molecule has 2 amide bonds. The number of nitrogens with one attached hydrogen (secondary N) is 2. The smallest absolute Gasteiger partial charge is 0.315 e. The highest BCUT2D eigenvalue weighted by Gasteiger charge is 2.44. The molecule has 5 heteroatoms. The monoisotopic (exact) mass is 346 g/mol. The van der Waals surface area contributed by atoms with Crippen molar-refractivity contribution in [3.8, 4) is 0 Å². The molecule has 0 aromatic heterocycles. The molecule has 1 aromatic rings. The molecule has 5 nitrogen and oxygen atoms in total. The van der Waals surface area contributed by atoms with E-state index in [1.54, 1.807) is 13.8 Å². The Morgan fingerprint density at radius 2 is 1.96 bits per heavy atom. The van der Waals surface area contributed by atoms with Crippen LogP contribution in [-0.2, 0) is 16.9 Å². The van der Waals surface area contributed by atoms with Crippen LogP contribution in [0.4, 0.5) is 4.79 Å². The first-order chi connectivity index (χ1) is 11.9. The lowest BCUT2D eigenvalue weighted by molar-refractivity contribution is -0.0264. The van der Waals surface area contributed by atoms with Gasteiger partial charge in [-0.1, -0.05) is 37.1 Å². The highest BCUT2D eigenvalue weighted by atomic mass is 16.5. The molecule has 3 N–H and O–H groups in total. The van der Waals surface area contributed by atoms with Crippen molar-refractivity contribution in [2.75, 3.05) is 13.2 Å². The van der Waals surface area contributed by atoms with E-state index < -0.39 is 5.60 Å². The second kappa shape index (κ2) is 7.34. The molecule has 1 heterocycles. The lowest BCUT2D eigenvalue weighted by Gasteiger charge is -2.41. The van der Waals surface area contributed by atoms with Gasteiger partial charge in [0.05, 0.1) is 12.2 Å². The average Bonchev–Trinajstić information content (AvgIpc) is 3.04. The highest BCUT2D eigenvalue weighted by Crippen LogP contribution is 2.44. The summed E-state index contributed by atoms with van der Waals surface area (Å²) >= 11 is 0. The Kier molecular flexibility index (Phi) is 5.35. The van der Waals surface area contributed by atoms with Crippen molar-refractivity contribution in [3.05, 3.63) is 35.4 Å². The third-order valence-corrected chi connectivity index (χ3v) is 5.70. The molecule has 2 fully saturated rings. The SMILES string of the molecule is CC(C)(O)c1ccc(CNC(=O)NC2CCOCC23CCCC3)cc1. The van der Waals surface area contributed by atoms with Gasteiger partial charge in [-0.2, -0.15) is 0 Å². The molecule has 138 valence electrons. The highest BCUT2D eigenvalue weighted by molar-refractivity contribution is 5.74. The fourth-order valence-electron chi connectivity index (χ4n) is 4.10. The standard InChI is InChI=1S/C20H30N2O3/c1-19(2,24)16-7-5-15(6-8-16)13-21-18(23)22-17-9-12-25-14-20(17)10-3-4-11-20/h5-8,17,24H,3-4,9-14H2,1-2H3,(H2,21,22,23). The number of carbonyl (C=O) groups excluding carboxylic acids is 1. The molecular weight excluding hydrogens is 316 g/mol. The Morgan fingerprint density at radius 3 is 2.60 bits per heavy atom. The second-order valence-corrected chi connectivity index (χ2v) is 8.05. The van der Waals surface area contributed by atoms with Crippen molar-refractivity contribution < 1.29 is 14.6 Å². The fourth-order valence-corrected chi connectivity index (χ4v) is 4.10. The third-order valence-electron chi connectivity index (χ3n) is 5.70. The van der Waals surface area contributed by atoms with E-state index in [9.17, 15) is 9.90 Å². The number of ether oxygens (including phenoxy) is 1. The number of rotatable bonds is 4. The van der Waals surface area contributed by atoms with Crippen molar-refractivity contribution in [1.82, 2.24) is 10.6 Å². The van der Waals surface area contributed by atoms with Crippen LogP contribution in [0.25, 0.3) is 0 Å². The molecule has 3 rings (SSSR count). The number of hydrogen-bond acceptors (Lipinski definition) is 3. The normalized spacial score (nSPS) is 22.8. The molecule has 0 bridgehead atoms. The maximum Gasteiger partial charge on any atom is 0.315 e. The van der Waals surface area contributed by atoms with Crippen molar-refractivity contribution in [2.45, 2.75) is 64.1 Å². The lowest BCUT2D eigenvalue weighted by atomic mass is 9.76. The predicted octanol–water partition coefficient (Wildman–Crippen LogP) is 3.06. The molecule has 0 radical (unpaired) electrons. The Bertz CT molecular complexity index is 586. The summed E-state index contributed by atoms with van der Waals surface area (Å²) in [6.07, 6.45) is 5.66. The molecule has 1 saturated heterocycles. The number of hydrogen-bond donors (Lipinski definition) is 3. The molecule has 25 heavy (non-hydrogen) atoms. The van der Waals surface area contributed by atoms with Gasteiger partial charge < -0.3 is 20.5 Å². The van der Waals surface area contributed by atoms with Gasteiger partial charge in [-0.05, 0) is 44.2 Å². The topological polar surface area (TPSA) is 70.6 Å². The van der Waals surface area contributed by atoms with E-state index >= 15 is 0 Å². The molecule has 1 spiro atoms. The summed E-state index contributed by atoms with van der Waals surface area (Å²) in [5.74, 6) is 0. The van der Waals surface area contributed by atoms with Crippen molar-refractivity contribution in [3.63, 3.8) is 0 Å². The van der Waals surface area contributed by atoms with Crippen LogP contribution in [0.5, 0.6) is 0 Å². The second-order valence-electron chi connectivity index (χ2n) is 8.05. The molecular formula is C20H30N2O3. The van der Waals surface area contributed by atoms with Gasteiger partial charge in [0, 0.05) is 24.6 Å². The van der Waals surface area contributed by atoms with Crippen molar-refractivity contribution in [1.29, 1.82) is 0 Å². The first kappa shape index (κ1) is 18.2. The molecule has 1 unspecified atom stereocenters. The quantitative estimate of drug-likeness (QED) is 0.785. The zero-order valence-electron chi connectivity index (χ0n) is 15.3. The van der Waals surface area contributed by atoms with Gasteiger partial charge in [0.15, 0.2) is 0 Å². The summed E-state index contributed by atoms with van der Waals surface area (Å²) in [5.41, 5.74) is 1.18. The zero-order valence-corrected chi connectivity index (χ0v) is 15.3. The summed E-state index contributed by atoms with van der Waals surface area (Å²) in [7, 11) is 0. The van der Waals surface area contributed by atoms with Gasteiger partial charge in [0.2, 0.25) is 0 Å². The first-order valence-corrected chi connectivity index (χ1v) is 9.33. The number of aliphatic hydroxyl groups is 1. The molecule has 1 aromatic carbocycles. The van der Waals surface area contributed by atoms with E-state index in [1.165, 1.54) is 12.8 Å². The maximum absolute atomic E-state index is 12.3.